The van der Waals surface area contributed by atoms with E-state index in [0.717, 1.165) is 29.8 Å². The molecular weight excluding hydrogens is 500 g/mol. The summed E-state index contributed by atoms with van der Waals surface area (Å²) < 4.78 is 7.81. The summed E-state index contributed by atoms with van der Waals surface area (Å²) in [7, 11) is 0. The summed E-state index contributed by atoms with van der Waals surface area (Å²) in [6.45, 7) is 7.27. The Morgan fingerprint density at radius 1 is 0.950 bits per heavy atom. The lowest BCUT2D eigenvalue weighted by Crippen LogP contribution is -2.48. The fourth-order valence-electron chi connectivity index (χ4n) is 6.13. The van der Waals surface area contributed by atoms with Crippen LogP contribution in [0.4, 0.5) is 0 Å². The summed E-state index contributed by atoms with van der Waals surface area (Å²) in [6.07, 6.45) is 4.11. The van der Waals surface area contributed by atoms with Crippen molar-refractivity contribution >= 4 is 11.6 Å². The monoisotopic (exact) mass is 534 g/mol. The highest BCUT2D eigenvalue weighted by Gasteiger charge is 2.49. The van der Waals surface area contributed by atoms with Gasteiger partial charge in [0.1, 0.15) is 36.0 Å². The lowest BCUT2D eigenvalue weighted by atomic mass is 9.69. The van der Waals surface area contributed by atoms with Crippen LogP contribution in [0.2, 0.25) is 0 Å². The molecule has 0 bridgehead atoms. The van der Waals surface area contributed by atoms with E-state index in [1.807, 2.05) is 54.6 Å². The van der Waals surface area contributed by atoms with Crippen molar-refractivity contribution in [3.05, 3.63) is 108 Å². The fraction of sp³-hybridized carbons (Fsp3) is 0.333. The van der Waals surface area contributed by atoms with Crippen molar-refractivity contribution in [2.24, 2.45) is 5.92 Å². The third-order valence-electron chi connectivity index (χ3n) is 8.19. The number of ketones is 2. The molecule has 0 radical (unpaired) electrons. The Labute approximate surface area is 234 Å². The van der Waals surface area contributed by atoms with E-state index >= 15 is 0 Å². The summed E-state index contributed by atoms with van der Waals surface area (Å²) in [5, 5.41) is 7.82. The highest BCUT2D eigenvalue weighted by atomic mass is 16.5. The number of nitrogens with zero attached hydrogens (tertiary/aromatic N) is 3. The van der Waals surface area contributed by atoms with Gasteiger partial charge in [0.05, 0.1) is 5.92 Å². The quantitative estimate of drug-likeness (QED) is 0.329. The first-order valence-corrected chi connectivity index (χ1v) is 13.9. The van der Waals surface area contributed by atoms with Gasteiger partial charge < -0.3 is 10.1 Å². The highest BCUT2D eigenvalue weighted by molar-refractivity contribution is 6.08. The van der Waals surface area contributed by atoms with Gasteiger partial charge in [0.25, 0.3) is 0 Å². The summed E-state index contributed by atoms with van der Waals surface area (Å²) in [6, 6.07) is 22.9. The minimum atomic E-state index is -0.785. The molecule has 0 amide bonds. The van der Waals surface area contributed by atoms with E-state index in [-0.39, 0.29) is 35.4 Å². The Hall–Kier alpha value is -4.10. The van der Waals surface area contributed by atoms with E-state index in [1.165, 1.54) is 17.5 Å². The third kappa shape index (κ3) is 4.97. The number of rotatable bonds is 5. The second-order valence-corrected chi connectivity index (χ2v) is 11.8. The number of fused-ring (bicyclic) bond motifs is 1. The number of aromatic nitrogens is 3. The number of benzene rings is 3. The van der Waals surface area contributed by atoms with Crippen LogP contribution in [0.3, 0.4) is 0 Å². The molecule has 1 fully saturated rings. The first kappa shape index (κ1) is 26.1. The van der Waals surface area contributed by atoms with Gasteiger partial charge in [0.15, 0.2) is 5.78 Å². The standard InChI is InChI=1S/C33H34N4O3/c1-33(2,3)23-11-13-24(14-12-23)40-25-9-6-8-22(17-25)27-18-28(38)29(32(39)31(27)37-20-34-19-36-37)30-26-10-5-4-7-21(26)15-16-35-30/h4-14,17,19-20,27,29-31,35H,15-16,18H2,1-3H3/t27-,29-,30-,31-/m1/s1. The van der Waals surface area contributed by atoms with E-state index in [1.54, 1.807) is 11.0 Å². The van der Waals surface area contributed by atoms with Crippen molar-refractivity contribution in [3.63, 3.8) is 0 Å². The summed E-state index contributed by atoms with van der Waals surface area (Å²) in [5.74, 6) is 0.0325. The highest BCUT2D eigenvalue weighted by Crippen LogP contribution is 2.44. The molecule has 1 aliphatic carbocycles. The molecule has 1 aliphatic heterocycles. The van der Waals surface area contributed by atoms with Crippen molar-refractivity contribution in [2.45, 2.75) is 57.0 Å². The van der Waals surface area contributed by atoms with Gasteiger partial charge in [-0.15, -0.1) is 0 Å². The molecule has 7 heteroatoms. The molecular formula is C33H34N4O3. The number of nitrogens with one attached hydrogen (secondary N) is 1. The molecule has 3 aromatic carbocycles. The molecule has 40 heavy (non-hydrogen) atoms. The SMILES string of the molecule is CC(C)(C)c1ccc(Oc2cccc([C@H]3CC(=O)[C@H]([C@@H]4NCCc5ccccc54)C(=O)[C@@H]3n3cncn3)c2)cc1. The molecule has 1 aromatic heterocycles. The molecule has 4 atom stereocenters. The zero-order chi connectivity index (χ0) is 27.9. The number of carbonyl (C=O) groups excluding carboxylic acids is 2. The molecule has 4 aromatic rings. The van der Waals surface area contributed by atoms with Crippen LogP contribution in [0.1, 0.15) is 67.4 Å². The minimum Gasteiger partial charge on any atom is -0.457 e. The molecule has 6 rings (SSSR count). The van der Waals surface area contributed by atoms with Gasteiger partial charge in [0, 0.05) is 18.4 Å². The van der Waals surface area contributed by atoms with E-state index in [0.29, 0.717) is 5.75 Å². The van der Waals surface area contributed by atoms with Crippen LogP contribution in [0.5, 0.6) is 11.5 Å². The number of hydrogen-bond donors (Lipinski definition) is 1. The normalized spacial score (nSPS) is 23.1. The predicted molar refractivity (Wildman–Crippen MR) is 152 cm³/mol. The van der Waals surface area contributed by atoms with Crippen molar-refractivity contribution in [3.8, 4) is 11.5 Å². The van der Waals surface area contributed by atoms with Gasteiger partial charge in [-0.25, -0.2) is 9.67 Å². The average molecular weight is 535 g/mol. The summed E-state index contributed by atoms with van der Waals surface area (Å²) >= 11 is 0. The van der Waals surface area contributed by atoms with Crippen molar-refractivity contribution in [2.75, 3.05) is 6.54 Å². The first-order chi connectivity index (χ1) is 19.3. The molecule has 2 heterocycles. The molecule has 204 valence electrons. The molecule has 7 nitrogen and oxygen atoms in total. The number of Topliss-reactive ketones (excluding diaryl/α,β-unsaturated/α-hetero) is 2. The van der Waals surface area contributed by atoms with Gasteiger partial charge in [-0.1, -0.05) is 69.3 Å². The second-order valence-electron chi connectivity index (χ2n) is 11.8. The first-order valence-electron chi connectivity index (χ1n) is 13.9. The molecule has 0 unspecified atom stereocenters. The number of carbonyl (C=O) groups is 2. The minimum absolute atomic E-state index is 0.0512. The van der Waals surface area contributed by atoms with Crippen LogP contribution < -0.4 is 10.1 Å². The number of hydrogen-bond acceptors (Lipinski definition) is 6. The predicted octanol–water partition coefficient (Wildman–Crippen LogP) is 5.74. The maximum absolute atomic E-state index is 14.2. The summed E-state index contributed by atoms with van der Waals surface area (Å²) in [5.41, 5.74) is 4.37. The van der Waals surface area contributed by atoms with E-state index < -0.39 is 12.0 Å². The number of ether oxygens (including phenoxy) is 1. The van der Waals surface area contributed by atoms with Crippen molar-refractivity contribution < 1.29 is 14.3 Å². The van der Waals surface area contributed by atoms with Crippen LogP contribution in [-0.4, -0.2) is 32.9 Å². The van der Waals surface area contributed by atoms with Crippen LogP contribution in [0, 0.1) is 5.92 Å². The van der Waals surface area contributed by atoms with Gasteiger partial charge in [0.2, 0.25) is 0 Å². The van der Waals surface area contributed by atoms with Crippen molar-refractivity contribution in [1.82, 2.24) is 20.1 Å². The molecule has 1 N–H and O–H groups in total. The van der Waals surface area contributed by atoms with Gasteiger partial charge in [-0.3, -0.25) is 9.59 Å². The topological polar surface area (TPSA) is 86.1 Å². The Bertz CT molecular complexity index is 1520. The fourth-order valence-corrected chi connectivity index (χ4v) is 6.13. The van der Waals surface area contributed by atoms with Gasteiger partial charge in [-0.05, 0) is 64.9 Å². The van der Waals surface area contributed by atoms with Crippen LogP contribution >= 0.6 is 0 Å². The van der Waals surface area contributed by atoms with Crippen LogP contribution in [0.15, 0.2) is 85.5 Å². The zero-order valence-electron chi connectivity index (χ0n) is 23.1. The van der Waals surface area contributed by atoms with Gasteiger partial charge in [-0.2, -0.15) is 5.10 Å². The Balaban J connectivity index is 1.31. The zero-order valence-corrected chi connectivity index (χ0v) is 23.1. The Kier molecular flexibility index (Phi) is 6.84. The van der Waals surface area contributed by atoms with Crippen LogP contribution in [-0.2, 0) is 21.4 Å². The maximum Gasteiger partial charge on any atom is 0.170 e. The Morgan fingerprint density at radius 2 is 1.75 bits per heavy atom. The third-order valence-corrected chi connectivity index (χ3v) is 8.19. The molecule has 0 saturated heterocycles. The van der Waals surface area contributed by atoms with E-state index in [4.69, 9.17) is 4.74 Å². The lowest BCUT2D eigenvalue weighted by molar-refractivity contribution is -0.141. The van der Waals surface area contributed by atoms with Crippen LogP contribution in [0.25, 0.3) is 0 Å². The smallest absolute Gasteiger partial charge is 0.170 e. The largest absolute Gasteiger partial charge is 0.457 e. The van der Waals surface area contributed by atoms with E-state index in [9.17, 15) is 9.59 Å². The molecule has 2 aliphatic rings. The Morgan fingerprint density at radius 3 is 2.50 bits per heavy atom. The van der Waals surface area contributed by atoms with Gasteiger partial charge >= 0.3 is 0 Å². The molecule has 0 spiro atoms. The van der Waals surface area contributed by atoms with Crippen molar-refractivity contribution in [1.29, 1.82) is 0 Å². The molecule has 1 saturated carbocycles. The summed E-state index contributed by atoms with van der Waals surface area (Å²) in [4.78, 5) is 32.1. The lowest BCUT2D eigenvalue weighted by Gasteiger charge is -2.39. The van der Waals surface area contributed by atoms with E-state index in [2.05, 4.69) is 54.4 Å². The second kappa shape index (κ2) is 10.5. The average Bonchev–Trinajstić information content (AvgIpc) is 3.47. The maximum atomic E-state index is 14.2.